The van der Waals surface area contributed by atoms with Crippen molar-refractivity contribution in [2.24, 2.45) is 5.92 Å². The molecule has 166 valence electrons. The molecule has 2 aromatic rings. The Labute approximate surface area is 187 Å². The van der Waals surface area contributed by atoms with Crippen LogP contribution in [0.3, 0.4) is 0 Å². The molecule has 8 heteroatoms. The van der Waals surface area contributed by atoms with Crippen LogP contribution >= 0.6 is 11.6 Å². The number of nitrogens with zero attached hydrogens (tertiary/aromatic N) is 1. The summed E-state index contributed by atoms with van der Waals surface area (Å²) in [6.45, 7) is 1.39. The summed E-state index contributed by atoms with van der Waals surface area (Å²) < 4.78 is 16.0. The minimum Gasteiger partial charge on any atom is -0.493 e. The molecule has 2 amide bonds. The van der Waals surface area contributed by atoms with Crippen molar-refractivity contribution in [3.05, 3.63) is 52.5 Å². The van der Waals surface area contributed by atoms with Crippen LogP contribution in [-0.2, 0) is 11.3 Å². The molecular formula is C23H27ClN2O5. The van der Waals surface area contributed by atoms with Crippen molar-refractivity contribution >= 4 is 23.4 Å². The Morgan fingerprint density at radius 1 is 1.03 bits per heavy atom. The first-order valence-corrected chi connectivity index (χ1v) is 10.5. The number of nitrogens with one attached hydrogen (secondary N) is 1. The lowest BCUT2D eigenvalue weighted by atomic mass is 9.95. The smallest absolute Gasteiger partial charge is 0.254 e. The van der Waals surface area contributed by atoms with Crippen molar-refractivity contribution in [1.29, 1.82) is 0 Å². The van der Waals surface area contributed by atoms with E-state index in [1.165, 1.54) is 21.3 Å². The van der Waals surface area contributed by atoms with Crippen molar-refractivity contribution in [3.8, 4) is 17.2 Å². The van der Waals surface area contributed by atoms with Gasteiger partial charge in [-0.1, -0.05) is 29.8 Å². The van der Waals surface area contributed by atoms with E-state index in [-0.39, 0.29) is 17.7 Å². The van der Waals surface area contributed by atoms with Gasteiger partial charge < -0.3 is 24.4 Å². The summed E-state index contributed by atoms with van der Waals surface area (Å²) in [5.41, 5.74) is 1.34. The summed E-state index contributed by atoms with van der Waals surface area (Å²) in [6.07, 6.45) is 1.20. The summed E-state index contributed by atoms with van der Waals surface area (Å²) in [6, 6.07) is 10.7. The molecule has 1 aliphatic heterocycles. The second-order valence-corrected chi connectivity index (χ2v) is 7.70. The quantitative estimate of drug-likeness (QED) is 0.704. The van der Waals surface area contributed by atoms with Crippen molar-refractivity contribution in [2.45, 2.75) is 19.4 Å². The van der Waals surface area contributed by atoms with Crippen LogP contribution < -0.4 is 19.5 Å². The second kappa shape index (κ2) is 10.4. The van der Waals surface area contributed by atoms with Gasteiger partial charge in [0.2, 0.25) is 11.7 Å². The molecule has 2 aromatic carbocycles. The van der Waals surface area contributed by atoms with Crippen LogP contribution in [0.25, 0.3) is 0 Å². The molecule has 7 nitrogen and oxygen atoms in total. The number of hydrogen-bond acceptors (Lipinski definition) is 5. The Bertz CT molecular complexity index is 916. The number of amides is 2. The molecule has 0 bridgehead atoms. The van der Waals surface area contributed by atoms with Gasteiger partial charge >= 0.3 is 0 Å². The van der Waals surface area contributed by atoms with Gasteiger partial charge in [-0.15, -0.1) is 0 Å². The molecule has 0 radical (unpaired) electrons. The van der Waals surface area contributed by atoms with Crippen molar-refractivity contribution in [1.82, 2.24) is 10.2 Å². The van der Waals surface area contributed by atoms with Gasteiger partial charge in [0.15, 0.2) is 11.5 Å². The summed E-state index contributed by atoms with van der Waals surface area (Å²) in [5.74, 6) is 1.02. The Kier molecular flexibility index (Phi) is 7.63. The molecular weight excluding hydrogens is 420 g/mol. The van der Waals surface area contributed by atoms with E-state index in [9.17, 15) is 9.59 Å². The van der Waals surface area contributed by atoms with Crippen molar-refractivity contribution in [3.63, 3.8) is 0 Å². The van der Waals surface area contributed by atoms with E-state index < -0.39 is 0 Å². The maximum absolute atomic E-state index is 13.0. The number of rotatable bonds is 7. The monoisotopic (exact) mass is 446 g/mol. The number of benzene rings is 2. The van der Waals surface area contributed by atoms with Gasteiger partial charge in [0, 0.05) is 36.1 Å². The number of likely N-dealkylation sites (tertiary alicyclic amines) is 1. The zero-order valence-corrected chi connectivity index (χ0v) is 18.7. The van der Waals surface area contributed by atoms with Gasteiger partial charge in [0.25, 0.3) is 5.91 Å². The summed E-state index contributed by atoms with van der Waals surface area (Å²) >= 11 is 6.15. The predicted molar refractivity (Wildman–Crippen MR) is 118 cm³/mol. The number of ether oxygens (including phenoxy) is 3. The molecule has 0 spiro atoms. The standard InChI is InChI=1S/C23H27ClN2O5/c1-29-19-12-17(13-20(30-2)21(19)31-3)23(28)26-10-8-15(9-11-26)22(27)25-14-16-6-4-5-7-18(16)24/h4-7,12-13,15H,8-11,14H2,1-3H3,(H,25,27). The number of methoxy groups -OCH3 is 3. The molecule has 1 heterocycles. The van der Waals surface area contributed by atoms with E-state index >= 15 is 0 Å². The molecule has 0 atom stereocenters. The largest absolute Gasteiger partial charge is 0.493 e. The lowest BCUT2D eigenvalue weighted by Gasteiger charge is -2.31. The third-order valence-corrected chi connectivity index (χ3v) is 5.84. The summed E-state index contributed by atoms with van der Waals surface area (Å²) in [7, 11) is 4.54. The van der Waals surface area contributed by atoms with Crippen LogP contribution in [0, 0.1) is 5.92 Å². The summed E-state index contributed by atoms with van der Waals surface area (Å²) in [4.78, 5) is 27.3. The highest BCUT2D eigenvalue weighted by Gasteiger charge is 2.29. The molecule has 0 saturated carbocycles. The minimum absolute atomic E-state index is 0.0141. The lowest BCUT2D eigenvalue weighted by molar-refractivity contribution is -0.126. The first kappa shape index (κ1) is 22.7. The maximum Gasteiger partial charge on any atom is 0.254 e. The fourth-order valence-electron chi connectivity index (χ4n) is 3.70. The third-order valence-electron chi connectivity index (χ3n) is 5.48. The molecule has 31 heavy (non-hydrogen) atoms. The van der Waals surface area contributed by atoms with Gasteiger partial charge in [-0.3, -0.25) is 9.59 Å². The van der Waals surface area contributed by atoms with Gasteiger partial charge in [-0.2, -0.15) is 0 Å². The Morgan fingerprint density at radius 2 is 1.65 bits per heavy atom. The third kappa shape index (κ3) is 5.22. The fourth-order valence-corrected chi connectivity index (χ4v) is 3.90. The minimum atomic E-state index is -0.133. The van der Waals surface area contributed by atoms with Crippen LogP contribution in [0.4, 0.5) is 0 Å². The average molecular weight is 447 g/mol. The Morgan fingerprint density at radius 3 is 2.19 bits per heavy atom. The number of piperidine rings is 1. The number of carbonyl (C=O) groups excluding carboxylic acids is 2. The normalized spacial score (nSPS) is 14.1. The second-order valence-electron chi connectivity index (χ2n) is 7.29. The van der Waals surface area contributed by atoms with Crippen LogP contribution in [0.2, 0.25) is 5.02 Å². The van der Waals surface area contributed by atoms with Gasteiger partial charge in [0.05, 0.1) is 21.3 Å². The SMILES string of the molecule is COc1cc(C(=O)N2CCC(C(=O)NCc3ccccc3Cl)CC2)cc(OC)c1OC. The average Bonchev–Trinajstić information content (AvgIpc) is 2.81. The van der Waals surface area contributed by atoms with E-state index in [1.54, 1.807) is 23.1 Å². The molecule has 0 unspecified atom stereocenters. The predicted octanol–water partition coefficient (Wildman–Crippen LogP) is 3.53. The zero-order valence-electron chi connectivity index (χ0n) is 17.9. The first-order valence-electron chi connectivity index (χ1n) is 10.1. The van der Waals surface area contributed by atoms with Crippen LogP contribution in [0.5, 0.6) is 17.2 Å². The van der Waals surface area contributed by atoms with E-state index in [0.717, 1.165) is 5.56 Å². The molecule has 1 N–H and O–H groups in total. The zero-order chi connectivity index (χ0) is 22.4. The molecule has 1 aliphatic rings. The first-order chi connectivity index (χ1) is 15.0. The van der Waals surface area contributed by atoms with E-state index in [0.29, 0.717) is 60.3 Å². The molecule has 0 aromatic heterocycles. The fraction of sp³-hybridized carbons (Fsp3) is 0.391. The van der Waals surface area contributed by atoms with Gasteiger partial charge in [-0.25, -0.2) is 0 Å². The molecule has 0 aliphatic carbocycles. The lowest BCUT2D eigenvalue weighted by Crippen LogP contribution is -2.43. The number of hydrogen-bond donors (Lipinski definition) is 1. The van der Waals surface area contributed by atoms with Gasteiger partial charge in [-0.05, 0) is 36.6 Å². The Balaban J connectivity index is 1.59. The summed E-state index contributed by atoms with van der Waals surface area (Å²) in [5, 5.41) is 3.59. The van der Waals surface area contributed by atoms with Crippen molar-refractivity contribution < 1.29 is 23.8 Å². The highest BCUT2D eigenvalue weighted by atomic mass is 35.5. The van der Waals surface area contributed by atoms with E-state index in [4.69, 9.17) is 25.8 Å². The van der Waals surface area contributed by atoms with E-state index in [2.05, 4.69) is 5.32 Å². The van der Waals surface area contributed by atoms with Crippen LogP contribution in [0.15, 0.2) is 36.4 Å². The Hall–Kier alpha value is -2.93. The highest BCUT2D eigenvalue weighted by Crippen LogP contribution is 2.38. The van der Waals surface area contributed by atoms with Gasteiger partial charge in [0.1, 0.15) is 0 Å². The van der Waals surface area contributed by atoms with E-state index in [1.807, 2.05) is 18.2 Å². The van der Waals surface area contributed by atoms with Crippen LogP contribution in [-0.4, -0.2) is 51.1 Å². The molecule has 1 saturated heterocycles. The molecule has 3 rings (SSSR count). The molecule has 1 fully saturated rings. The maximum atomic E-state index is 13.0. The number of carbonyl (C=O) groups is 2. The topological polar surface area (TPSA) is 77.1 Å². The van der Waals surface area contributed by atoms with Crippen LogP contribution in [0.1, 0.15) is 28.8 Å². The number of halogens is 1. The van der Waals surface area contributed by atoms with Crippen molar-refractivity contribution in [2.75, 3.05) is 34.4 Å². The highest BCUT2D eigenvalue weighted by molar-refractivity contribution is 6.31.